The summed E-state index contributed by atoms with van der Waals surface area (Å²) >= 11 is 1.25. The van der Waals surface area contributed by atoms with Gasteiger partial charge >= 0.3 is 0 Å². The summed E-state index contributed by atoms with van der Waals surface area (Å²) < 4.78 is 8.81. The standard InChI is InChI=1S/C22H21N5O3S/c1-4-11-23-19(28)13-31-22-25-24-21-26(17-12-14(2)9-10-18(17)30-3)20(29)15-7-5-6-8-16(15)27(21)22/h4-10,12H,1,11,13H2,2-3H3,(H,23,28). The number of carbonyl (C=O) groups excluding carboxylic acids is 1. The maximum Gasteiger partial charge on any atom is 0.267 e. The topological polar surface area (TPSA) is 90.5 Å². The first-order valence-electron chi connectivity index (χ1n) is 9.59. The summed E-state index contributed by atoms with van der Waals surface area (Å²) in [7, 11) is 1.56. The van der Waals surface area contributed by atoms with E-state index in [1.165, 1.54) is 16.3 Å². The quantitative estimate of drug-likeness (QED) is 0.355. The fourth-order valence-corrected chi connectivity index (χ4v) is 4.10. The van der Waals surface area contributed by atoms with Crippen molar-refractivity contribution in [2.45, 2.75) is 12.1 Å². The molecule has 0 aliphatic rings. The average Bonchev–Trinajstić information content (AvgIpc) is 3.20. The number of carbonyl (C=O) groups is 1. The van der Waals surface area contributed by atoms with Crippen LogP contribution in [-0.4, -0.2) is 44.5 Å². The van der Waals surface area contributed by atoms with Gasteiger partial charge in [0.05, 0.1) is 29.5 Å². The minimum absolute atomic E-state index is 0.139. The van der Waals surface area contributed by atoms with Crippen molar-refractivity contribution in [1.29, 1.82) is 0 Å². The fourth-order valence-electron chi connectivity index (χ4n) is 3.33. The Morgan fingerprint density at radius 1 is 1.26 bits per heavy atom. The molecular weight excluding hydrogens is 414 g/mol. The second kappa shape index (κ2) is 8.65. The van der Waals surface area contributed by atoms with Gasteiger partial charge < -0.3 is 10.1 Å². The van der Waals surface area contributed by atoms with Crippen molar-refractivity contribution >= 4 is 34.3 Å². The summed E-state index contributed by atoms with van der Waals surface area (Å²) in [6.07, 6.45) is 1.62. The number of nitrogens with zero attached hydrogens (tertiary/aromatic N) is 4. The Bertz CT molecular complexity index is 1360. The van der Waals surface area contributed by atoms with Gasteiger partial charge in [0, 0.05) is 6.54 Å². The number of amides is 1. The maximum atomic E-state index is 13.5. The predicted molar refractivity (Wildman–Crippen MR) is 121 cm³/mol. The van der Waals surface area contributed by atoms with E-state index < -0.39 is 0 Å². The van der Waals surface area contributed by atoms with Gasteiger partial charge in [0.2, 0.25) is 11.7 Å². The van der Waals surface area contributed by atoms with E-state index in [2.05, 4.69) is 22.1 Å². The van der Waals surface area contributed by atoms with Crippen molar-refractivity contribution in [3.8, 4) is 11.4 Å². The SMILES string of the molecule is C=CCNC(=O)CSc1nnc2n(-c3cc(C)ccc3OC)c(=O)c3ccccc3n12. The summed E-state index contributed by atoms with van der Waals surface area (Å²) in [5.74, 6) is 0.919. The number of benzene rings is 2. The van der Waals surface area contributed by atoms with Crippen molar-refractivity contribution in [1.82, 2.24) is 24.5 Å². The van der Waals surface area contributed by atoms with E-state index >= 15 is 0 Å². The molecule has 4 aromatic rings. The van der Waals surface area contributed by atoms with Gasteiger partial charge in [-0.1, -0.05) is 36.0 Å². The lowest BCUT2D eigenvalue weighted by atomic mass is 10.2. The number of aromatic nitrogens is 4. The minimum atomic E-state index is -0.223. The number of rotatable bonds is 7. The highest BCUT2D eigenvalue weighted by Gasteiger charge is 2.20. The molecule has 0 bridgehead atoms. The normalized spacial score (nSPS) is 11.0. The number of fused-ring (bicyclic) bond motifs is 3. The van der Waals surface area contributed by atoms with Crippen LogP contribution >= 0.6 is 11.8 Å². The van der Waals surface area contributed by atoms with E-state index in [0.29, 0.717) is 39.8 Å². The van der Waals surface area contributed by atoms with Gasteiger partial charge in [0.25, 0.3) is 5.56 Å². The molecule has 2 heterocycles. The highest BCUT2D eigenvalue weighted by atomic mass is 32.2. The second-order valence-corrected chi connectivity index (χ2v) is 7.77. The molecule has 2 aromatic heterocycles. The molecule has 0 aliphatic heterocycles. The molecule has 0 aliphatic carbocycles. The fraction of sp³-hybridized carbons (Fsp3) is 0.182. The third-order valence-electron chi connectivity index (χ3n) is 4.75. The highest BCUT2D eigenvalue weighted by molar-refractivity contribution is 7.99. The van der Waals surface area contributed by atoms with Crippen LogP contribution in [0.1, 0.15) is 5.56 Å². The number of hydrogen-bond acceptors (Lipinski definition) is 6. The van der Waals surface area contributed by atoms with Crippen LogP contribution in [0, 0.1) is 6.92 Å². The second-order valence-electron chi connectivity index (χ2n) is 6.83. The smallest absolute Gasteiger partial charge is 0.267 e. The zero-order chi connectivity index (χ0) is 22.0. The molecule has 8 nitrogen and oxygen atoms in total. The van der Waals surface area contributed by atoms with Crippen molar-refractivity contribution in [3.05, 3.63) is 71.0 Å². The Balaban J connectivity index is 1.94. The van der Waals surface area contributed by atoms with Crippen LogP contribution in [0.5, 0.6) is 5.75 Å². The Morgan fingerprint density at radius 2 is 2.06 bits per heavy atom. The van der Waals surface area contributed by atoms with E-state index in [4.69, 9.17) is 4.74 Å². The van der Waals surface area contributed by atoms with Crippen LogP contribution in [0.4, 0.5) is 0 Å². The minimum Gasteiger partial charge on any atom is -0.495 e. The number of hydrogen-bond donors (Lipinski definition) is 1. The van der Waals surface area contributed by atoms with E-state index in [1.54, 1.807) is 23.7 Å². The molecule has 0 unspecified atom stereocenters. The molecule has 31 heavy (non-hydrogen) atoms. The molecule has 0 radical (unpaired) electrons. The van der Waals surface area contributed by atoms with Crippen molar-refractivity contribution in [2.75, 3.05) is 19.4 Å². The monoisotopic (exact) mass is 435 g/mol. The Kier molecular flexibility index (Phi) is 5.77. The number of thioether (sulfide) groups is 1. The lowest BCUT2D eigenvalue weighted by Crippen LogP contribution is -2.25. The molecule has 0 fully saturated rings. The predicted octanol–water partition coefficient (Wildman–Crippen LogP) is 2.74. The van der Waals surface area contributed by atoms with Crippen molar-refractivity contribution in [2.24, 2.45) is 0 Å². The number of para-hydroxylation sites is 1. The molecule has 0 saturated heterocycles. The van der Waals surface area contributed by atoms with Gasteiger partial charge in [-0.2, -0.15) is 0 Å². The average molecular weight is 436 g/mol. The molecule has 2 aromatic carbocycles. The van der Waals surface area contributed by atoms with Gasteiger partial charge in [0.15, 0.2) is 5.16 Å². The molecular formula is C22H21N5O3S. The summed E-state index contributed by atoms with van der Waals surface area (Å²) in [5, 5.41) is 12.3. The van der Waals surface area contributed by atoms with Gasteiger partial charge in [-0.15, -0.1) is 16.8 Å². The number of ether oxygens (including phenoxy) is 1. The molecule has 0 atom stereocenters. The molecule has 0 spiro atoms. The van der Waals surface area contributed by atoms with Gasteiger partial charge in [-0.3, -0.25) is 14.0 Å². The first-order valence-corrected chi connectivity index (χ1v) is 10.6. The van der Waals surface area contributed by atoms with Crippen LogP contribution in [0.15, 0.2) is 65.1 Å². The third kappa shape index (κ3) is 3.79. The van der Waals surface area contributed by atoms with Crippen LogP contribution in [0.3, 0.4) is 0 Å². The van der Waals surface area contributed by atoms with Crippen molar-refractivity contribution in [3.63, 3.8) is 0 Å². The Morgan fingerprint density at radius 3 is 2.84 bits per heavy atom. The number of methoxy groups -OCH3 is 1. The lowest BCUT2D eigenvalue weighted by Gasteiger charge is -2.14. The van der Waals surface area contributed by atoms with Gasteiger partial charge in [-0.05, 0) is 36.8 Å². The first kappa shape index (κ1) is 20.7. The molecule has 0 saturated carbocycles. The zero-order valence-corrected chi connectivity index (χ0v) is 18.0. The largest absolute Gasteiger partial charge is 0.495 e. The lowest BCUT2D eigenvalue weighted by molar-refractivity contribution is -0.118. The van der Waals surface area contributed by atoms with Gasteiger partial charge in [0.1, 0.15) is 5.75 Å². The summed E-state index contributed by atoms with van der Waals surface area (Å²) in [4.78, 5) is 25.5. The van der Waals surface area contributed by atoms with Crippen LogP contribution in [-0.2, 0) is 4.79 Å². The Labute approximate surface area is 182 Å². The summed E-state index contributed by atoms with van der Waals surface area (Å²) in [5.41, 5.74) is 2.00. The summed E-state index contributed by atoms with van der Waals surface area (Å²) in [6.45, 7) is 5.94. The molecule has 9 heteroatoms. The van der Waals surface area contributed by atoms with E-state index in [9.17, 15) is 9.59 Å². The third-order valence-corrected chi connectivity index (χ3v) is 5.67. The summed E-state index contributed by atoms with van der Waals surface area (Å²) in [6, 6.07) is 12.9. The zero-order valence-electron chi connectivity index (χ0n) is 17.2. The highest BCUT2D eigenvalue weighted by Crippen LogP contribution is 2.27. The first-order chi connectivity index (χ1) is 15.0. The van der Waals surface area contributed by atoms with E-state index in [1.807, 2.05) is 43.3 Å². The van der Waals surface area contributed by atoms with E-state index in [0.717, 1.165) is 5.56 Å². The maximum absolute atomic E-state index is 13.5. The van der Waals surface area contributed by atoms with Crippen LogP contribution in [0.2, 0.25) is 0 Å². The number of aryl methyl sites for hydroxylation is 1. The van der Waals surface area contributed by atoms with Gasteiger partial charge in [-0.25, -0.2) is 4.57 Å². The molecule has 4 rings (SSSR count). The van der Waals surface area contributed by atoms with Crippen LogP contribution < -0.4 is 15.6 Å². The van der Waals surface area contributed by atoms with Crippen molar-refractivity contribution < 1.29 is 9.53 Å². The Hall–Kier alpha value is -3.59. The molecule has 1 amide bonds. The van der Waals surface area contributed by atoms with Crippen LogP contribution in [0.25, 0.3) is 22.4 Å². The molecule has 1 N–H and O–H groups in total. The van der Waals surface area contributed by atoms with E-state index in [-0.39, 0.29) is 17.2 Å². The molecule has 158 valence electrons. The number of nitrogens with one attached hydrogen (secondary N) is 1.